The molecule has 3 aromatic heterocycles. The second-order valence-corrected chi connectivity index (χ2v) is 6.22. The van der Waals surface area contributed by atoms with E-state index >= 15 is 0 Å². The van der Waals surface area contributed by atoms with E-state index in [2.05, 4.69) is 21.9 Å². The molecule has 1 saturated carbocycles. The number of Topliss-reactive ketones (excluding diaryl/α,β-unsaturated/α-hetero) is 1. The molecule has 0 unspecified atom stereocenters. The van der Waals surface area contributed by atoms with Gasteiger partial charge in [0.25, 0.3) is 0 Å². The van der Waals surface area contributed by atoms with Crippen LogP contribution in [0.2, 0.25) is 0 Å². The van der Waals surface area contributed by atoms with Crippen LogP contribution in [0.4, 0.5) is 0 Å². The minimum absolute atomic E-state index is 0.195. The highest BCUT2D eigenvalue weighted by Crippen LogP contribution is 2.35. The Morgan fingerprint density at radius 1 is 1.25 bits per heavy atom. The monoisotopic (exact) mass is 321 g/mol. The third-order valence-electron chi connectivity index (χ3n) is 4.26. The SMILES string of the molecule is CCCOc1cncc(-c2cnc3[nH]cc(C(=O)C4CC4)c3c2)c1. The van der Waals surface area contributed by atoms with Gasteiger partial charge in [0, 0.05) is 46.6 Å². The summed E-state index contributed by atoms with van der Waals surface area (Å²) in [7, 11) is 0. The van der Waals surface area contributed by atoms with Crippen LogP contribution in [0.5, 0.6) is 5.75 Å². The van der Waals surface area contributed by atoms with E-state index in [-0.39, 0.29) is 11.7 Å². The number of hydrogen-bond acceptors (Lipinski definition) is 4. The van der Waals surface area contributed by atoms with Gasteiger partial charge in [0.1, 0.15) is 11.4 Å². The fourth-order valence-electron chi connectivity index (χ4n) is 2.81. The number of aromatic nitrogens is 3. The second kappa shape index (κ2) is 6.07. The van der Waals surface area contributed by atoms with E-state index in [1.54, 1.807) is 24.8 Å². The van der Waals surface area contributed by atoms with Crippen LogP contribution in [0.25, 0.3) is 22.2 Å². The molecule has 122 valence electrons. The summed E-state index contributed by atoms with van der Waals surface area (Å²) in [5, 5.41) is 0.879. The van der Waals surface area contributed by atoms with E-state index in [4.69, 9.17) is 4.74 Å². The van der Waals surface area contributed by atoms with Crippen LogP contribution in [-0.2, 0) is 0 Å². The number of fused-ring (bicyclic) bond motifs is 1. The molecule has 5 heteroatoms. The number of rotatable bonds is 6. The molecule has 3 aromatic rings. The van der Waals surface area contributed by atoms with Crippen LogP contribution < -0.4 is 4.74 Å². The van der Waals surface area contributed by atoms with E-state index in [0.717, 1.165) is 52.7 Å². The molecule has 1 N–H and O–H groups in total. The van der Waals surface area contributed by atoms with Gasteiger partial charge < -0.3 is 9.72 Å². The van der Waals surface area contributed by atoms with Gasteiger partial charge in [-0.2, -0.15) is 0 Å². The highest BCUT2D eigenvalue weighted by Gasteiger charge is 2.31. The number of hydrogen-bond donors (Lipinski definition) is 1. The summed E-state index contributed by atoms with van der Waals surface area (Å²) >= 11 is 0. The van der Waals surface area contributed by atoms with Gasteiger partial charge in [0.2, 0.25) is 0 Å². The number of carbonyl (C=O) groups is 1. The van der Waals surface area contributed by atoms with Crippen molar-refractivity contribution in [1.82, 2.24) is 15.0 Å². The van der Waals surface area contributed by atoms with E-state index in [9.17, 15) is 4.79 Å². The maximum absolute atomic E-state index is 12.4. The van der Waals surface area contributed by atoms with Crippen LogP contribution in [0, 0.1) is 5.92 Å². The summed E-state index contributed by atoms with van der Waals surface area (Å²) < 4.78 is 5.65. The number of pyridine rings is 2. The molecule has 0 aromatic carbocycles. The van der Waals surface area contributed by atoms with Crippen molar-refractivity contribution in [3.8, 4) is 16.9 Å². The molecule has 1 aliphatic rings. The van der Waals surface area contributed by atoms with Crippen molar-refractivity contribution in [3.05, 3.63) is 42.5 Å². The minimum atomic E-state index is 0.195. The molecule has 0 saturated heterocycles. The molecule has 3 heterocycles. The Kier molecular flexibility index (Phi) is 3.76. The third kappa shape index (κ3) is 2.77. The average Bonchev–Trinajstić information content (AvgIpc) is 3.39. The summed E-state index contributed by atoms with van der Waals surface area (Å²) in [6.07, 6.45) is 10.0. The molecule has 0 amide bonds. The van der Waals surface area contributed by atoms with Crippen molar-refractivity contribution in [2.75, 3.05) is 6.61 Å². The first-order valence-corrected chi connectivity index (χ1v) is 8.36. The topological polar surface area (TPSA) is 67.9 Å². The highest BCUT2D eigenvalue weighted by atomic mass is 16.5. The van der Waals surface area contributed by atoms with Gasteiger partial charge in [-0.25, -0.2) is 4.98 Å². The van der Waals surface area contributed by atoms with Crippen LogP contribution in [0.3, 0.4) is 0 Å². The molecular formula is C19H19N3O2. The van der Waals surface area contributed by atoms with Gasteiger partial charge >= 0.3 is 0 Å². The third-order valence-corrected chi connectivity index (χ3v) is 4.26. The average molecular weight is 321 g/mol. The summed E-state index contributed by atoms with van der Waals surface area (Å²) in [4.78, 5) is 24.2. The molecule has 0 aliphatic heterocycles. The van der Waals surface area contributed by atoms with Crippen molar-refractivity contribution in [2.24, 2.45) is 5.92 Å². The van der Waals surface area contributed by atoms with Crippen molar-refractivity contribution in [2.45, 2.75) is 26.2 Å². The number of nitrogens with zero attached hydrogens (tertiary/aromatic N) is 2. The first-order valence-electron chi connectivity index (χ1n) is 8.36. The molecule has 4 rings (SSSR count). The number of ether oxygens (including phenoxy) is 1. The molecule has 5 nitrogen and oxygen atoms in total. The number of carbonyl (C=O) groups excluding carboxylic acids is 1. The lowest BCUT2D eigenvalue weighted by Gasteiger charge is -2.07. The first-order chi connectivity index (χ1) is 11.8. The van der Waals surface area contributed by atoms with E-state index in [0.29, 0.717) is 6.61 Å². The Bertz CT molecular complexity index is 897. The van der Waals surface area contributed by atoms with Gasteiger partial charge in [0.05, 0.1) is 12.8 Å². The Hall–Kier alpha value is -2.69. The van der Waals surface area contributed by atoms with Gasteiger partial charge in [-0.3, -0.25) is 9.78 Å². The molecule has 24 heavy (non-hydrogen) atoms. The van der Waals surface area contributed by atoms with Crippen LogP contribution in [-0.4, -0.2) is 27.3 Å². The van der Waals surface area contributed by atoms with Gasteiger partial charge in [-0.05, 0) is 31.4 Å². The van der Waals surface area contributed by atoms with Crippen molar-refractivity contribution >= 4 is 16.8 Å². The van der Waals surface area contributed by atoms with Crippen LogP contribution >= 0.6 is 0 Å². The summed E-state index contributed by atoms with van der Waals surface area (Å²) in [6.45, 7) is 2.74. The molecule has 0 bridgehead atoms. The lowest BCUT2D eigenvalue weighted by molar-refractivity contribution is 0.0969. The smallest absolute Gasteiger partial charge is 0.168 e. The standard InChI is InChI=1S/C19H19N3O2/c1-2-5-24-15-6-13(8-20-10-15)14-7-16-17(18(23)12-3-4-12)11-22-19(16)21-9-14/h6-12H,2-5H2,1H3,(H,21,22). The molecule has 1 aliphatic carbocycles. The van der Waals surface area contributed by atoms with Crippen LogP contribution in [0.15, 0.2) is 36.9 Å². The second-order valence-electron chi connectivity index (χ2n) is 6.22. The quantitative estimate of drug-likeness (QED) is 0.697. The Morgan fingerprint density at radius 2 is 2.08 bits per heavy atom. The molecule has 0 radical (unpaired) electrons. The van der Waals surface area contributed by atoms with E-state index < -0.39 is 0 Å². The highest BCUT2D eigenvalue weighted by molar-refractivity contribution is 6.09. The number of aromatic amines is 1. The first kappa shape index (κ1) is 14.9. The maximum Gasteiger partial charge on any atom is 0.168 e. The molecular weight excluding hydrogens is 302 g/mol. The fraction of sp³-hybridized carbons (Fsp3) is 0.316. The summed E-state index contributed by atoms with van der Waals surface area (Å²) in [6, 6.07) is 3.97. The molecule has 0 spiro atoms. The number of nitrogens with one attached hydrogen (secondary N) is 1. The summed E-state index contributed by atoms with van der Waals surface area (Å²) in [5.41, 5.74) is 3.35. The minimum Gasteiger partial charge on any atom is -0.492 e. The zero-order chi connectivity index (χ0) is 16.5. The normalized spacial score (nSPS) is 14.0. The molecule has 0 atom stereocenters. The summed E-state index contributed by atoms with van der Waals surface area (Å²) in [5.74, 6) is 1.16. The zero-order valence-corrected chi connectivity index (χ0v) is 13.6. The van der Waals surface area contributed by atoms with E-state index in [1.165, 1.54) is 0 Å². The zero-order valence-electron chi connectivity index (χ0n) is 13.6. The fourth-order valence-corrected chi connectivity index (χ4v) is 2.81. The van der Waals surface area contributed by atoms with Crippen LogP contribution in [0.1, 0.15) is 36.5 Å². The number of H-pyrrole nitrogens is 1. The maximum atomic E-state index is 12.4. The number of ketones is 1. The molecule has 1 fully saturated rings. The largest absolute Gasteiger partial charge is 0.492 e. The van der Waals surface area contributed by atoms with Crippen molar-refractivity contribution in [1.29, 1.82) is 0 Å². The van der Waals surface area contributed by atoms with E-state index in [1.807, 2.05) is 12.1 Å². The Morgan fingerprint density at radius 3 is 2.88 bits per heavy atom. The lowest BCUT2D eigenvalue weighted by atomic mass is 10.0. The van der Waals surface area contributed by atoms with Gasteiger partial charge in [-0.1, -0.05) is 6.92 Å². The van der Waals surface area contributed by atoms with Crippen molar-refractivity contribution in [3.63, 3.8) is 0 Å². The van der Waals surface area contributed by atoms with Gasteiger partial charge in [-0.15, -0.1) is 0 Å². The Labute approximate surface area is 140 Å². The Balaban J connectivity index is 1.71. The lowest BCUT2D eigenvalue weighted by Crippen LogP contribution is -1.99. The predicted octanol–water partition coefficient (Wildman–Crippen LogP) is 4.01. The predicted molar refractivity (Wildman–Crippen MR) is 92.2 cm³/mol. The van der Waals surface area contributed by atoms with Crippen molar-refractivity contribution < 1.29 is 9.53 Å². The van der Waals surface area contributed by atoms with Gasteiger partial charge in [0.15, 0.2) is 5.78 Å².